The Morgan fingerprint density at radius 1 is 1.15 bits per heavy atom. The molecule has 0 aliphatic carbocycles. The van der Waals surface area contributed by atoms with Crippen LogP contribution in [0.4, 0.5) is 0 Å². The molecule has 2 rings (SSSR count). The van der Waals surface area contributed by atoms with Crippen molar-refractivity contribution in [3.05, 3.63) is 59.3 Å². The number of pyridine rings is 1. The highest BCUT2D eigenvalue weighted by molar-refractivity contribution is 5.76. The number of nitrogens with one attached hydrogen (secondary N) is 1. The van der Waals surface area contributed by atoms with Gasteiger partial charge in [0.25, 0.3) is 0 Å². The largest absolute Gasteiger partial charge is 0.475 e. The summed E-state index contributed by atoms with van der Waals surface area (Å²) in [7, 11) is 1.62. The van der Waals surface area contributed by atoms with E-state index >= 15 is 0 Å². The fraction of sp³-hybridized carbons (Fsp3) is 0.429. The number of aryl methyl sites for hydroxylation is 1. The molecular formula is C21H28N2O3. The monoisotopic (exact) mass is 356 g/mol. The molecule has 5 heteroatoms. The van der Waals surface area contributed by atoms with E-state index in [-0.39, 0.29) is 5.91 Å². The van der Waals surface area contributed by atoms with E-state index in [2.05, 4.69) is 48.4 Å². The predicted octanol–water partition coefficient (Wildman–Crippen LogP) is 3.48. The fourth-order valence-electron chi connectivity index (χ4n) is 2.52. The molecule has 0 aliphatic heterocycles. The van der Waals surface area contributed by atoms with Gasteiger partial charge in [-0.2, -0.15) is 0 Å². The molecule has 140 valence electrons. The molecule has 0 radical (unpaired) electrons. The third-order valence-electron chi connectivity index (χ3n) is 4.14. The highest BCUT2D eigenvalue weighted by Gasteiger charge is 2.08. The molecule has 1 aromatic heterocycles. The molecular weight excluding hydrogens is 328 g/mol. The zero-order chi connectivity index (χ0) is 18.8. The van der Waals surface area contributed by atoms with E-state index in [1.807, 2.05) is 12.1 Å². The number of rotatable bonds is 10. The lowest BCUT2D eigenvalue weighted by molar-refractivity contribution is -0.121. The smallest absolute Gasteiger partial charge is 0.220 e. The average molecular weight is 356 g/mol. The van der Waals surface area contributed by atoms with E-state index in [4.69, 9.17) is 9.47 Å². The highest BCUT2D eigenvalue weighted by atomic mass is 16.5. The molecule has 0 fully saturated rings. The Bertz CT molecular complexity index is 684. The number of carbonyl (C=O) groups excluding carboxylic acids is 1. The Morgan fingerprint density at radius 3 is 2.62 bits per heavy atom. The van der Waals surface area contributed by atoms with E-state index in [9.17, 15) is 4.79 Å². The second-order valence-electron chi connectivity index (χ2n) is 6.48. The van der Waals surface area contributed by atoms with Gasteiger partial charge < -0.3 is 14.8 Å². The number of amides is 1. The Hall–Kier alpha value is -2.40. The summed E-state index contributed by atoms with van der Waals surface area (Å²) in [5.74, 6) is 1.07. The summed E-state index contributed by atoms with van der Waals surface area (Å²) in [5, 5.41) is 2.94. The van der Waals surface area contributed by atoms with Crippen molar-refractivity contribution in [2.75, 3.05) is 20.3 Å². The summed E-state index contributed by atoms with van der Waals surface area (Å²) >= 11 is 0. The van der Waals surface area contributed by atoms with Crippen LogP contribution in [0, 0.1) is 0 Å². The van der Waals surface area contributed by atoms with Crippen LogP contribution in [0.3, 0.4) is 0 Å². The minimum absolute atomic E-state index is 0.0182. The molecule has 1 N–H and O–H groups in total. The van der Waals surface area contributed by atoms with Gasteiger partial charge in [0.1, 0.15) is 6.61 Å². The molecule has 0 bridgehead atoms. The lowest BCUT2D eigenvalue weighted by Crippen LogP contribution is -2.23. The number of aromatic nitrogens is 1. The second-order valence-corrected chi connectivity index (χ2v) is 6.48. The Labute approximate surface area is 155 Å². The number of carbonyl (C=O) groups is 1. The van der Waals surface area contributed by atoms with Crippen molar-refractivity contribution in [3.8, 4) is 5.88 Å². The van der Waals surface area contributed by atoms with Crippen LogP contribution in [0.25, 0.3) is 0 Å². The molecule has 1 amide bonds. The summed E-state index contributed by atoms with van der Waals surface area (Å²) in [4.78, 5) is 16.4. The maximum absolute atomic E-state index is 12.1. The molecule has 26 heavy (non-hydrogen) atoms. The third kappa shape index (κ3) is 6.48. The number of hydrogen-bond acceptors (Lipinski definition) is 4. The summed E-state index contributed by atoms with van der Waals surface area (Å²) in [6.45, 7) is 5.68. The number of benzene rings is 1. The van der Waals surface area contributed by atoms with E-state index in [1.165, 1.54) is 11.1 Å². The molecule has 0 aliphatic rings. The fourth-order valence-corrected chi connectivity index (χ4v) is 2.52. The van der Waals surface area contributed by atoms with Crippen LogP contribution in [-0.2, 0) is 22.5 Å². The molecule has 1 heterocycles. The topological polar surface area (TPSA) is 60.5 Å². The first kappa shape index (κ1) is 19.9. The summed E-state index contributed by atoms with van der Waals surface area (Å²) in [6, 6.07) is 12.2. The van der Waals surface area contributed by atoms with Crippen LogP contribution in [-0.4, -0.2) is 31.2 Å². The minimum Gasteiger partial charge on any atom is -0.475 e. The van der Waals surface area contributed by atoms with E-state index in [1.54, 1.807) is 13.3 Å². The van der Waals surface area contributed by atoms with Gasteiger partial charge in [0.2, 0.25) is 11.8 Å². The number of ether oxygens (including phenoxy) is 2. The van der Waals surface area contributed by atoms with E-state index < -0.39 is 0 Å². The molecule has 1 aromatic carbocycles. The molecule has 0 saturated heterocycles. The third-order valence-corrected chi connectivity index (χ3v) is 4.14. The van der Waals surface area contributed by atoms with Gasteiger partial charge in [0.15, 0.2) is 0 Å². The van der Waals surface area contributed by atoms with Crippen LogP contribution in [0.2, 0.25) is 0 Å². The van der Waals surface area contributed by atoms with Crippen molar-refractivity contribution < 1.29 is 14.3 Å². The SMILES string of the molecule is COCCOc1ncccc1CNC(=O)CCc1ccc(C(C)C)cc1. The number of nitrogens with zero attached hydrogens (tertiary/aromatic N) is 1. The summed E-state index contributed by atoms with van der Waals surface area (Å²) in [5.41, 5.74) is 3.35. The molecule has 0 atom stereocenters. The van der Waals surface area contributed by atoms with Crippen LogP contribution in [0.5, 0.6) is 5.88 Å². The van der Waals surface area contributed by atoms with Crippen molar-refractivity contribution in [2.45, 2.75) is 39.2 Å². The quantitative estimate of drug-likeness (QED) is 0.662. The van der Waals surface area contributed by atoms with Crippen molar-refractivity contribution in [3.63, 3.8) is 0 Å². The van der Waals surface area contributed by atoms with Crippen LogP contribution in [0.15, 0.2) is 42.6 Å². The van der Waals surface area contributed by atoms with Crippen molar-refractivity contribution >= 4 is 5.91 Å². The molecule has 0 unspecified atom stereocenters. The highest BCUT2D eigenvalue weighted by Crippen LogP contribution is 2.16. The zero-order valence-electron chi connectivity index (χ0n) is 15.8. The molecule has 0 spiro atoms. The van der Waals surface area contributed by atoms with Gasteiger partial charge in [-0.05, 0) is 29.5 Å². The number of hydrogen-bond donors (Lipinski definition) is 1. The van der Waals surface area contributed by atoms with Gasteiger partial charge in [-0.1, -0.05) is 44.2 Å². The summed E-state index contributed by atoms with van der Waals surface area (Å²) in [6.07, 6.45) is 2.86. The zero-order valence-corrected chi connectivity index (χ0v) is 15.8. The van der Waals surface area contributed by atoms with E-state index in [0.717, 1.165) is 12.0 Å². The molecule has 5 nitrogen and oxygen atoms in total. The van der Waals surface area contributed by atoms with Crippen LogP contribution >= 0.6 is 0 Å². The number of methoxy groups -OCH3 is 1. The maximum Gasteiger partial charge on any atom is 0.220 e. The standard InChI is InChI=1S/C21H28N2O3/c1-16(2)18-9-6-17(7-10-18)8-11-20(24)23-15-19-5-4-12-22-21(19)26-14-13-25-3/h4-7,9-10,12,16H,8,11,13-15H2,1-3H3,(H,23,24). The summed E-state index contributed by atoms with van der Waals surface area (Å²) < 4.78 is 10.6. The first-order valence-electron chi connectivity index (χ1n) is 9.01. The average Bonchev–Trinajstić information content (AvgIpc) is 2.66. The first-order chi connectivity index (χ1) is 12.6. The Morgan fingerprint density at radius 2 is 1.92 bits per heavy atom. The van der Waals surface area contributed by atoms with Crippen molar-refractivity contribution in [2.24, 2.45) is 0 Å². The van der Waals surface area contributed by atoms with Gasteiger partial charge in [0, 0.05) is 31.8 Å². The van der Waals surface area contributed by atoms with Gasteiger partial charge in [-0.15, -0.1) is 0 Å². The van der Waals surface area contributed by atoms with Crippen LogP contribution < -0.4 is 10.1 Å². The van der Waals surface area contributed by atoms with Gasteiger partial charge in [-0.3, -0.25) is 4.79 Å². The van der Waals surface area contributed by atoms with Crippen molar-refractivity contribution in [1.82, 2.24) is 10.3 Å². The lowest BCUT2D eigenvalue weighted by Gasteiger charge is -2.11. The Kier molecular flexibility index (Phi) is 8.09. The minimum atomic E-state index is 0.0182. The van der Waals surface area contributed by atoms with Gasteiger partial charge in [-0.25, -0.2) is 4.98 Å². The van der Waals surface area contributed by atoms with Gasteiger partial charge in [0.05, 0.1) is 6.61 Å². The van der Waals surface area contributed by atoms with Crippen LogP contribution in [0.1, 0.15) is 42.9 Å². The second kappa shape index (κ2) is 10.6. The predicted molar refractivity (Wildman–Crippen MR) is 102 cm³/mol. The first-order valence-corrected chi connectivity index (χ1v) is 9.01. The van der Waals surface area contributed by atoms with E-state index in [0.29, 0.717) is 38.0 Å². The lowest BCUT2D eigenvalue weighted by atomic mass is 10.0. The molecule has 0 saturated carbocycles. The van der Waals surface area contributed by atoms with Crippen molar-refractivity contribution in [1.29, 1.82) is 0 Å². The normalized spacial score (nSPS) is 10.8. The van der Waals surface area contributed by atoms with Gasteiger partial charge >= 0.3 is 0 Å². The Balaban J connectivity index is 1.80. The molecule has 2 aromatic rings. The maximum atomic E-state index is 12.1.